The average Bonchev–Trinajstić information content (AvgIpc) is 3.66. The van der Waals surface area contributed by atoms with E-state index >= 15 is 0 Å². The quantitative estimate of drug-likeness (QED) is 0.318. The number of rotatable bonds is 6. The highest BCUT2D eigenvalue weighted by atomic mass is 32.2. The molecule has 1 saturated heterocycles. The molecule has 3 aliphatic rings. The fourth-order valence-electron chi connectivity index (χ4n) is 5.45. The number of likely N-dealkylation sites (tertiary alicyclic amines) is 1. The van der Waals surface area contributed by atoms with E-state index in [1.54, 1.807) is 0 Å². The van der Waals surface area contributed by atoms with Crippen molar-refractivity contribution in [1.82, 2.24) is 9.88 Å². The van der Waals surface area contributed by atoms with Crippen molar-refractivity contribution in [3.63, 3.8) is 0 Å². The number of pyridine rings is 1. The predicted octanol–water partition coefficient (Wildman–Crippen LogP) is 6.34. The SMILES string of the molecule is CC1(N2CCC2)CCc2ccc(-c3cnc(N)c(C(=N)c4ccc(SC5CC5)cc4)c3)cc2CC1. The van der Waals surface area contributed by atoms with Gasteiger partial charge in [0.05, 0.1) is 5.71 Å². The molecule has 1 atom stereocenters. The molecule has 0 radical (unpaired) electrons. The molecule has 4 nitrogen and oxygen atoms in total. The van der Waals surface area contributed by atoms with Gasteiger partial charge in [-0.15, -0.1) is 11.8 Å². The van der Waals surface area contributed by atoms with E-state index in [0.717, 1.165) is 34.8 Å². The Labute approximate surface area is 212 Å². The van der Waals surface area contributed by atoms with Gasteiger partial charge in [0.15, 0.2) is 0 Å². The number of nitrogens with zero attached hydrogens (tertiary/aromatic N) is 2. The summed E-state index contributed by atoms with van der Waals surface area (Å²) in [5.74, 6) is 0.412. The third kappa shape index (κ3) is 4.64. The van der Waals surface area contributed by atoms with Crippen LogP contribution in [0, 0.1) is 5.41 Å². The largest absolute Gasteiger partial charge is 0.383 e. The number of nitrogens with one attached hydrogen (secondary N) is 1. The van der Waals surface area contributed by atoms with Crippen molar-refractivity contribution in [2.24, 2.45) is 0 Å². The molecule has 2 aliphatic carbocycles. The molecule has 35 heavy (non-hydrogen) atoms. The molecule has 0 amide bonds. The summed E-state index contributed by atoms with van der Waals surface area (Å²) < 4.78 is 0. The van der Waals surface area contributed by atoms with Gasteiger partial charge >= 0.3 is 0 Å². The van der Waals surface area contributed by atoms with Crippen LogP contribution in [0.5, 0.6) is 0 Å². The Morgan fingerprint density at radius 3 is 2.43 bits per heavy atom. The highest BCUT2D eigenvalue weighted by Crippen LogP contribution is 2.39. The van der Waals surface area contributed by atoms with Crippen LogP contribution in [0.1, 0.15) is 61.3 Å². The molecule has 1 saturated carbocycles. The predicted molar refractivity (Wildman–Crippen MR) is 147 cm³/mol. The summed E-state index contributed by atoms with van der Waals surface area (Å²) in [6.45, 7) is 4.97. The lowest BCUT2D eigenvalue weighted by Gasteiger charge is -2.46. The highest BCUT2D eigenvalue weighted by molar-refractivity contribution is 8.00. The van der Waals surface area contributed by atoms with Gasteiger partial charge in [0, 0.05) is 38.6 Å². The van der Waals surface area contributed by atoms with Gasteiger partial charge in [-0.25, -0.2) is 4.98 Å². The second-order valence-electron chi connectivity index (χ2n) is 10.7. The summed E-state index contributed by atoms with van der Waals surface area (Å²) in [6, 6.07) is 17.2. The van der Waals surface area contributed by atoms with Crippen molar-refractivity contribution in [3.05, 3.63) is 77.0 Å². The van der Waals surface area contributed by atoms with Crippen LogP contribution in [0.4, 0.5) is 5.82 Å². The van der Waals surface area contributed by atoms with Gasteiger partial charge in [0.2, 0.25) is 0 Å². The lowest BCUT2D eigenvalue weighted by Crippen LogP contribution is -2.53. The van der Waals surface area contributed by atoms with Gasteiger partial charge in [0.25, 0.3) is 0 Å². The first-order valence-electron chi connectivity index (χ1n) is 13.0. The number of thioether (sulfide) groups is 1. The normalized spacial score (nSPS) is 22.2. The maximum absolute atomic E-state index is 8.85. The van der Waals surface area contributed by atoms with Crippen LogP contribution in [0.15, 0.2) is 59.6 Å². The van der Waals surface area contributed by atoms with E-state index in [-0.39, 0.29) is 0 Å². The molecule has 2 heterocycles. The Bertz CT molecular complexity index is 1260. The van der Waals surface area contributed by atoms with Gasteiger partial charge in [-0.2, -0.15) is 0 Å². The summed E-state index contributed by atoms with van der Waals surface area (Å²) in [4.78, 5) is 8.45. The number of hydrogen-bond donors (Lipinski definition) is 2. The van der Waals surface area contributed by atoms with Crippen molar-refractivity contribution in [2.75, 3.05) is 18.8 Å². The van der Waals surface area contributed by atoms with E-state index in [0.29, 0.717) is 22.6 Å². The van der Waals surface area contributed by atoms with E-state index in [2.05, 4.69) is 47.1 Å². The van der Waals surface area contributed by atoms with Gasteiger partial charge in [-0.1, -0.05) is 30.3 Å². The molecule has 6 rings (SSSR count). The molecule has 0 spiro atoms. The Kier molecular flexibility index (Phi) is 5.93. The second kappa shape index (κ2) is 9.11. The monoisotopic (exact) mass is 482 g/mol. The number of aromatic nitrogens is 1. The third-order valence-electron chi connectivity index (χ3n) is 8.18. The topological polar surface area (TPSA) is 66.0 Å². The van der Waals surface area contributed by atoms with Crippen molar-refractivity contribution >= 4 is 23.3 Å². The molecule has 0 bridgehead atoms. The molecule has 3 N–H and O–H groups in total. The van der Waals surface area contributed by atoms with E-state index < -0.39 is 0 Å². The van der Waals surface area contributed by atoms with Crippen LogP contribution in [-0.4, -0.2) is 39.5 Å². The minimum absolute atomic E-state index is 0.329. The first-order valence-corrected chi connectivity index (χ1v) is 13.9. The first-order chi connectivity index (χ1) is 17.0. The van der Waals surface area contributed by atoms with Crippen molar-refractivity contribution < 1.29 is 0 Å². The summed E-state index contributed by atoms with van der Waals surface area (Å²) in [7, 11) is 0. The molecule has 2 fully saturated rings. The lowest BCUT2D eigenvalue weighted by molar-refractivity contribution is 0.0311. The number of fused-ring (bicyclic) bond motifs is 1. The molecule has 1 unspecified atom stereocenters. The number of nitrogen functional groups attached to an aromatic ring is 1. The van der Waals surface area contributed by atoms with Crippen LogP contribution in [-0.2, 0) is 12.8 Å². The Hall–Kier alpha value is -2.63. The van der Waals surface area contributed by atoms with E-state index in [9.17, 15) is 0 Å². The first kappa shape index (κ1) is 22.8. The molecular formula is C30H34N4S. The summed E-state index contributed by atoms with van der Waals surface area (Å²) >= 11 is 1.94. The number of aryl methyl sites for hydroxylation is 2. The summed E-state index contributed by atoms with van der Waals surface area (Å²) in [5.41, 5.74) is 13.7. The maximum atomic E-state index is 8.85. The second-order valence-corrected chi connectivity index (χ2v) is 12.1. The molecule has 1 aromatic heterocycles. The van der Waals surface area contributed by atoms with Gasteiger partial charge in [-0.05, 0) is 99.8 Å². The summed E-state index contributed by atoms with van der Waals surface area (Å²) in [5, 5.41) is 9.63. The van der Waals surface area contributed by atoms with Crippen molar-refractivity contribution in [1.29, 1.82) is 5.41 Å². The Balaban J connectivity index is 1.24. The maximum Gasteiger partial charge on any atom is 0.132 e. The fourth-order valence-corrected chi connectivity index (χ4v) is 6.50. The van der Waals surface area contributed by atoms with Crippen LogP contribution in [0.2, 0.25) is 0 Å². The molecule has 3 aromatic rings. The Morgan fingerprint density at radius 2 is 1.74 bits per heavy atom. The van der Waals surface area contributed by atoms with Gasteiger partial charge in [0.1, 0.15) is 5.82 Å². The Morgan fingerprint density at radius 1 is 1.00 bits per heavy atom. The van der Waals surface area contributed by atoms with Crippen LogP contribution in [0.25, 0.3) is 11.1 Å². The third-order valence-corrected chi connectivity index (χ3v) is 9.53. The molecular weight excluding hydrogens is 448 g/mol. The van der Waals surface area contributed by atoms with Gasteiger partial charge in [-0.3, -0.25) is 10.3 Å². The highest BCUT2D eigenvalue weighted by Gasteiger charge is 2.36. The number of nitrogens with two attached hydrogens (primary N) is 1. The van der Waals surface area contributed by atoms with E-state index in [1.165, 1.54) is 61.2 Å². The lowest BCUT2D eigenvalue weighted by atomic mass is 9.87. The van der Waals surface area contributed by atoms with Crippen LogP contribution >= 0.6 is 11.8 Å². The molecule has 180 valence electrons. The molecule has 1 aliphatic heterocycles. The summed E-state index contributed by atoms with van der Waals surface area (Å²) in [6.07, 6.45) is 10.5. The number of benzene rings is 2. The van der Waals surface area contributed by atoms with Crippen molar-refractivity contribution in [3.8, 4) is 11.1 Å². The smallest absolute Gasteiger partial charge is 0.132 e. The number of hydrogen-bond acceptors (Lipinski definition) is 5. The van der Waals surface area contributed by atoms with Crippen LogP contribution < -0.4 is 5.73 Å². The molecule has 5 heteroatoms. The van der Waals surface area contributed by atoms with E-state index in [4.69, 9.17) is 11.1 Å². The average molecular weight is 483 g/mol. The van der Waals surface area contributed by atoms with Crippen molar-refractivity contribution in [2.45, 2.75) is 67.6 Å². The van der Waals surface area contributed by atoms with E-state index in [1.807, 2.05) is 36.2 Å². The fraction of sp³-hybridized carbons (Fsp3) is 0.400. The standard InChI is InChI=1S/C30H34N4S/c1-30(34-15-2-16-34)13-11-20-3-4-22(17-23(20)12-14-30)24-18-27(29(32)33-19-24)28(31)21-5-7-25(8-6-21)35-26-9-10-26/h3-8,17-19,26,31H,2,9-16H2,1H3,(H2,32,33). The minimum Gasteiger partial charge on any atom is -0.383 e. The minimum atomic E-state index is 0.329. The van der Waals surface area contributed by atoms with Gasteiger partial charge < -0.3 is 5.73 Å². The van der Waals surface area contributed by atoms with Crippen LogP contribution in [0.3, 0.4) is 0 Å². The number of anilines is 1. The zero-order chi connectivity index (χ0) is 24.0. The molecule has 2 aromatic carbocycles. The zero-order valence-electron chi connectivity index (χ0n) is 20.5. The zero-order valence-corrected chi connectivity index (χ0v) is 21.3.